The van der Waals surface area contributed by atoms with Crippen molar-refractivity contribution in [3.63, 3.8) is 0 Å². The van der Waals surface area contributed by atoms with Crippen LogP contribution in [0.5, 0.6) is 0 Å². The molecule has 0 aromatic rings. The van der Waals surface area contributed by atoms with Crippen LogP contribution >= 0.6 is 0 Å². The van der Waals surface area contributed by atoms with E-state index in [9.17, 15) is 23.1 Å². The summed E-state index contributed by atoms with van der Waals surface area (Å²) in [6.07, 6.45) is 3.52. The minimum absolute atomic E-state index is 0.236. The number of ether oxygens (including phenoxy) is 1. The third kappa shape index (κ3) is 2.53. The first-order valence-electron chi connectivity index (χ1n) is 7.09. The van der Waals surface area contributed by atoms with Crippen LogP contribution < -0.4 is 0 Å². The van der Waals surface area contributed by atoms with Gasteiger partial charge in [0.05, 0.1) is 24.4 Å². The van der Waals surface area contributed by atoms with Gasteiger partial charge in [0.1, 0.15) is 5.92 Å². The second kappa shape index (κ2) is 5.32. The van der Waals surface area contributed by atoms with Crippen LogP contribution in [0.1, 0.15) is 0 Å². The van der Waals surface area contributed by atoms with Gasteiger partial charge in [-0.2, -0.15) is 4.31 Å². The van der Waals surface area contributed by atoms with E-state index in [1.807, 2.05) is 0 Å². The number of carboxylic acid groups (broad SMARTS) is 1. The van der Waals surface area contributed by atoms with Crippen LogP contribution in [0.3, 0.4) is 0 Å². The van der Waals surface area contributed by atoms with Crippen LogP contribution in [0.25, 0.3) is 0 Å². The monoisotopic (exact) mass is 330 g/mol. The Hall–Kier alpha value is -1.45. The minimum Gasteiger partial charge on any atom is -0.481 e. The summed E-state index contributed by atoms with van der Waals surface area (Å²) in [4.78, 5) is 25.6. The molecule has 1 N–H and O–H groups in total. The van der Waals surface area contributed by atoms with Gasteiger partial charge in [0.15, 0.2) is 0 Å². The Bertz CT molecular complexity index is 622. The Balaban J connectivity index is 1.70. The maximum absolute atomic E-state index is 12.6. The van der Waals surface area contributed by atoms with Crippen molar-refractivity contribution in [1.29, 1.82) is 0 Å². The number of carbonyl (C=O) groups is 2. The first kappa shape index (κ1) is 15.4. The van der Waals surface area contributed by atoms with Crippen molar-refractivity contribution in [1.82, 2.24) is 9.21 Å². The van der Waals surface area contributed by atoms with Gasteiger partial charge < -0.3 is 14.7 Å². The molecule has 0 aliphatic carbocycles. The molecule has 4 atom stereocenters. The lowest BCUT2D eigenvalue weighted by atomic mass is 9.82. The fourth-order valence-corrected chi connectivity index (χ4v) is 4.17. The van der Waals surface area contributed by atoms with E-state index in [0.717, 1.165) is 6.26 Å². The number of carboxylic acids is 1. The van der Waals surface area contributed by atoms with Gasteiger partial charge in [-0.1, -0.05) is 12.2 Å². The number of piperazine rings is 1. The number of rotatable bonds is 3. The van der Waals surface area contributed by atoms with E-state index >= 15 is 0 Å². The smallest absolute Gasteiger partial charge is 0.310 e. The molecule has 0 spiro atoms. The second-order valence-corrected chi connectivity index (χ2v) is 7.81. The van der Waals surface area contributed by atoms with E-state index < -0.39 is 40.0 Å². The molecule has 8 nitrogen and oxygen atoms in total. The summed E-state index contributed by atoms with van der Waals surface area (Å²) in [5.41, 5.74) is 0. The van der Waals surface area contributed by atoms with E-state index in [-0.39, 0.29) is 32.1 Å². The molecule has 22 heavy (non-hydrogen) atoms. The summed E-state index contributed by atoms with van der Waals surface area (Å²) in [6, 6.07) is 0. The number of amides is 1. The molecule has 3 aliphatic rings. The molecular formula is C13H18N2O6S. The molecular weight excluding hydrogens is 312 g/mol. The number of aliphatic carboxylic acids is 1. The van der Waals surface area contributed by atoms with Gasteiger partial charge in [-0.3, -0.25) is 9.59 Å². The molecule has 1 amide bonds. The van der Waals surface area contributed by atoms with E-state index in [1.165, 1.54) is 4.31 Å². The summed E-state index contributed by atoms with van der Waals surface area (Å²) in [5.74, 6) is -2.89. The van der Waals surface area contributed by atoms with Gasteiger partial charge in [0.2, 0.25) is 15.9 Å². The molecule has 2 fully saturated rings. The highest BCUT2D eigenvalue weighted by Gasteiger charge is 2.54. The van der Waals surface area contributed by atoms with E-state index in [1.54, 1.807) is 17.1 Å². The third-order valence-corrected chi connectivity index (χ3v) is 5.79. The standard InChI is InChI=1S/C13H18N2O6S/c1-22(19,20)15-6-4-14(5-7-15)12(16)10-8-2-3-9(21-8)11(10)13(17)18/h2-3,8-11H,4-7H2,1H3,(H,17,18)/t8-,9-,10+,11+/m1/s1. The zero-order chi connectivity index (χ0) is 16.1. The number of hydrogen-bond donors (Lipinski definition) is 1. The van der Waals surface area contributed by atoms with E-state index in [2.05, 4.69) is 0 Å². The van der Waals surface area contributed by atoms with Crippen LogP contribution in [-0.4, -0.2) is 79.2 Å². The number of carbonyl (C=O) groups excluding carboxylic acids is 1. The third-order valence-electron chi connectivity index (χ3n) is 4.49. The van der Waals surface area contributed by atoms with Crippen molar-refractivity contribution in [3.8, 4) is 0 Å². The molecule has 3 rings (SSSR count). The van der Waals surface area contributed by atoms with Gasteiger partial charge in [-0.25, -0.2) is 8.42 Å². The zero-order valence-electron chi connectivity index (χ0n) is 12.1. The molecule has 122 valence electrons. The topological polar surface area (TPSA) is 104 Å². The van der Waals surface area contributed by atoms with Crippen LogP contribution in [0.2, 0.25) is 0 Å². The van der Waals surface area contributed by atoms with Crippen molar-refractivity contribution >= 4 is 21.9 Å². The Morgan fingerprint density at radius 2 is 1.64 bits per heavy atom. The van der Waals surface area contributed by atoms with Gasteiger partial charge >= 0.3 is 5.97 Å². The fourth-order valence-electron chi connectivity index (χ4n) is 3.35. The molecule has 0 aromatic heterocycles. The molecule has 0 radical (unpaired) electrons. The fraction of sp³-hybridized carbons (Fsp3) is 0.692. The van der Waals surface area contributed by atoms with Crippen molar-refractivity contribution in [2.24, 2.45) is 11.8 Å². The number of hydrogen-bond acceptors (Lipinski definition) is 5. The summed E-state index contributed by atoms with van der Waals surface area (Å²) in [5, 5.41) is 9.33. The average molecular weight is 330 g/mol. The quantitative estimate of drug-likeness (QED) is 0.648. The Kier molecular flexibility index (Phi) is 3.74. The number of nitrogens with zero attached hydrogens (tertiary/aromatic N) is 2. The lowest BCUT2D eigenvalue weighted by molar-refractivity contribution is -0.150. The SMILES string of the molecule is CS(=O)(=O)N1CCN(C(=O)[C@@H]2[C@@H](C(=O)O)[C@H]3C=C[C@H]2O3)CC1. The van der Waals surface area contributed by atoms with Crippen molar-refractivity contribution in [2.75, 3.05) is 32.4 Å². The molecule has 3 aliphatic heterocycles. The molecule has 2 bridgehead atoms. The van der Waals surface area contributed by atoms with Crippen LogP contribution in [0, 0.1) is 11.8 Å². The molecule has 3 heterocycles. The van der Waals surface area contributed by atoms with E-state index in [0.29, 0.717) is 0 Å². The van der Waals surface area contributed by atoms with Crippen LogP contribution in [0.4, 0.5) is 0 Å². The predicted molar refractivity (Wildman–Crippen MR) is 75.4 cm³/mol. The lowest BCUT2D eigenvalue weighted by Gasteiger charge is -2.36. The maximum atomic E-state index is 12.6. The van der Waals surface area contributed by atoms with Crippen molar-refractivity contribution < 1.29 is 27.9 Å². The van der Waals surface area contributed by atoms with Gasteiger partial charge in [0, 0.05) is 26.2 Å². The highest BCUT2D eigenvalue weighted by Crippen LogP contribution is 2.40. The molecule has 9 heteroatoms. The summed E-state index contributed by atoms with van der Waals surface area (Å²) in [6.45, 7) is 1.02. The first-order chi connectivity index (χ1) is 10.3. The summed E-state index contributed by atoms with van der Waals surface area (Å²) in [7, 11) is -3.26. The van der Waals surface area contributed by atoms with Gasteiger partial charge in [-0.05, 0) is 0 Å². The highest BCUT2D eigenvalue weighted by atomic mass is 32.2. The Labute approximate surface area is 128 Å². The normalized spacial score (nSPS) is 35.0. The minimum atomic E-state index is -3.26. The zero-order valence-corrected chi connectivity index (χ0v) is 12.9. The van der Waals surface area contributed by atoms with Crippen molar-refractivity contribution in [2.45, 2.75) is 12.2 Å². The first-order valence-corrected chi connectivity index (χ1v) is 8.94. The Morgan fingerprint density at radius 1 is 1.09 bits per heavy atom. The second-order valence-electron chi connectivity index (χ2n) is 5.83. The molecule has 2 saturated heterocycles. The number of fused-ring (bicyclic) bond motifs is 2. The van der Waals surface area contributed by atoms with E-state index in [4.69, 9.17) is 4.74 Å². The summed E-state index contributed by atoms with van der Waals surface area (Å²) < 4.78 is 29.8. The Morgan fingerprint density at radius 3 is 2.14 bits per heavy atom. The molecule has 0 saturated carbocycles. The largest absolute Gasteiger partial charge is 0.481 e. The van der Waals surface area contributed by atoms with Crippen LogP contribution in [-0.2, 0) is 24.3 Å². The highest BCUT2D eigenvalue weighted by molar-refractivity contribution is 7.88. The summed E-state index contributed by atoms with van der Waals surface area (Å²) >= 11 is 0. The van der Waals surface area contributed by atoms with Gasteiger partial charge in [0.25, 0.3) is 0 Å². The average Bonchev–Trinajstić information content (AvgIpc) is 3.06. The lowest BCUT2D eigenvalue weighted by Crippen LogP contribution is -2.53. The van der Waals surface area contributed by atoms with Crippen molar-refractivity contribution in [3.05, 3.63) is 12.2 Å². The predicted octanol–water partition coefficient (Wildman–Crippen LogP) is -1.26. The molecule has 0 unspecified atom stereocenters. The maximum Gasteiger partial charge on any atom is 0.310 e. The van der Waals surface area contributed by atoms with Gasteiger partial charge in [-0.15, -0.1) is 0 Å². The molecule has 0 aromatic carbocycles. The number of sulfonamides is 1. The van der Waals surface area contributed by atoms with Crippen LogP contribution in [0.15, 0.2) is 12.2 Å².